The van der Waals surface area contributed by atoms with Crippen LogP contribution in [0.15, 0.2) is 48.5 Å². The Morgan fingerprint density at radius 1 is 0.875 bits per heavy atom. The molecule has 0 saturated heterocycles. The first-order valence-corrected chi connectivity index (χ1v) is 8.00. The number of fused-ring (bicyclic) bond motifs is 3. The van der Waals surface area contributed by atoms with Crippen LogP contribution in [-0.2, 0) is 0 Å². The summed E-state index contributed by atoms with van der Waals surface area (Å²) >= 11 is 0. The summed E-state index contributed by atoms with van der Waals surface area (Å²) in [4.78, 5) is 0. The highest BCUT2D eigenvalue weighted by molar-refractivity contribution is 5.85. The van der Waals surface area contributed by atoms with Crippen LogP contribution in [0.25, 0.3) is 11.1 Å². The van der Waals surface area contributed by atoms with Crippen LogP contribution in [0.2, 0.25) is 0 Å². The van der Waals surface area contributed by atoms with Crippen molar-refractivity contribution in [3.05, 3.63) is 59.7 Å². The number of rotatable bonds is 6. The van der Waals surface area contributed by atoms with Crippen molar-refractivity contribution < 1.29 is 5.11 Å². The van der Waals surface area contributed by atoms with Gasteiger partial charge in [0.05, 0.1) is 12.1 Å². The smallest absolute Gasteiger partial charge is 0.0789 e. The number of hydrogen-bond acceptors (Lipinski definition) is 3. The molecule has 2 aromatic rings. The van der Waals surface area contributed by atoms with Crippen molar-refractivity contribution in [1.29, 1.82) is 0 Å². The van der Waals surface area contributed by atoms with E-state index < -0.39 is 0 Å². The van der Waals surface area contributed by atoms with Gasteiger partial charge in [-0.25, -0.2) is 0 Å². The van der Waals surface area contributed by atoms with Crippen molar-refractivity contribution in [1.82, 2.24) is 10.6 Å². The second kappa shape index (κ2) is 9.40. The van der Waals surface area contributed by atoms with Gasteiger partial charge >= 0.3 is 0 Å². The monoisotopic (exact) mass is 368 g/mol. The Bertz CT molecular complexity index is 603. The van der Waals surface area contributed by atoms with E-state index >= 15 is 0 Å². The summed E-state index contributed by atoms with van der Waals surface area (Å²) in [7, 11) is 0. The molecule has 0 saturated carbocycles. The summed E-state index contributed by atoms with van der Waals surface area (Å²) in [5.74, 6) is 0. The molecule has 1 atom stereocenters. The van der Waals surface area contributed by atoms with Gasteiger partial charge in [0, 0.05) is 19.1 Å². The summed E-state index contributed by atoms with van der Waals surface area (Å²) in [6.07, 6.45) is -0.387. The highest BCUT2D eigenvalue weighted by Gasteiger charge is 2.27. The Balaban J connectivity index is 0.00000144. The van der Waals surface area contributed by atoms with Crippen molar-refractivity contribution in [2.75, 3.05) is 13.1 Å². The van der Waals surface area contributed by atoms with Gasteiger partial charge in [0.15, 0.2) is 0 Å². The molecule has 0 spiro atoms. The molecule has 1 aliphatic carbocycles. The van der Waals surface area contributed by atoms with E-state index in [0.29, 0.717) is 19.1 Å². The molecule has 0 heterocycles. The maximum absolute atomic E-state index is 10.1. The van der Waals surface area contributed by atoms with E-state index in [-0.39, 0.29) is 37.0 Å². The number of benzene rings is 2. The molecule has 3 N–H and O–H groups in total. The van der Waals surface area contributed by atoms with Crippen molar-refractivity contribution in [3.63, 3.8) is 0 Å². The molecule has 0 aromatic heterocycles. The van der Waals surface area contributed by atoms with E-state index in [1.807, 2.05) is 0 Å². The number of halogens is 2. The Kier molecular flexibility index (Phi) is 8.20. The predicted octanol–water partition coefficient (Wildman–Crippen LogP) is 3.55. The van der Waals surface area contributed by atoms with Crippen LogP contribution < -0.4 is 10.6 Å². The Labute approximate surface area is 156 Å². The van der Waals surface area contributed by atoms with E-state index in [2.05, 4.69) is 73.0 Å². The molecule has 2 aromatic carbocycles. The second-order valence-corrected chi connectivity index (χ2v) is 6.23. The van der Waals surface area contributed by atoms with E-state index in [1.54, 1.807) is 0 Å². The maximum Gasteiger partial charge on any atom is 0.0789 e. The zero-order chi connectivity index (χ0) is 15.5. The lowest BCUT2D eigenvalue weighted by atomic mass is 10.1. The minimum absolute atomic E-state index is 0. The SMILES string of the molecule is CC(C)NCC(O)CNC1c2ccccc2-c2ccccc21.Cl.Cl. The van der Waals surface area contributed by atoms with Gasteiger partial charge in [-0.3, -0.25) is 0 Å². The zero-order valence-electron chi connectivity index (χ0n) is 14.0. The normalized spacial score (nSPS) is 13.7. The van der Waals surface area contributed by atoms with Crippen molar-refractivity contribution in [3.8, 4) is 11.1 Å². The third-order valence-corrected chi connectivity index (χ3v) is 4.15. The Hall–Kier alpha value is -1.10. The van der Waals surface area contributed by atoms with Gasteiger partial charge in [-0.15, -0.1) is 24.8 Å². The molecule has 5 heteroatoms. The number of hydrogen-bond donors (Lipinski definition) is 3. The molecule has 1 unspecified atom stereocenters. The van der Waals surface area contributed by atoms with Crippen molar-refractivity contribution >= 4 is 24.8 Å². The quantitative estimate of drug-likeness (QED) is 0.730. The van der Waals surface area contributed by atoms with E-state index in [0.717, 1.165) is 0 Å². The summed E-state index contributed by atoms with van der Waals surface area (Å²) < 4.78 is 0. The summed E-state index contributed by atoms with van der Waals surface area (Å²) in [6, 6.07) is 17.6. The minimum Gasteiger partial charge on any atom is -0.390 e. The highest BCUT2D eigenvalue weighted by Crippen LogP contribution is 2.42. The molecule has 3 rings (SSSR count). The number of aliphatic hydroxyl groups excluding tert-OH is 1. The van der Waals surface area contributed by atoms with Gasteiger partial charge < -0.3 is 15.7 Å². The molecule has 1 aliphatic rings. The third kappa shape index (κ3) is 4.50. The minimum atomic E-state index is -0.387. The van der Waals surface area contributed by atoms with Gasteiger partial charge in [-0.05, 0) is 22.3 Å². The fraction of sp³-hybridized carbons (Fsp3) is 0.368. The molecule has 132 valence electrons. The van der Waals surface area contributed by atoms with E-state index in [1.165, 1.54) is 22.3 Å². The fourth-order valence-corrected chi connectivity index (χ4v) is 3.07. The van der Waals surface area contributed by atoms with Crippen LogP contribution in [-0.4, -0.2) is 30.3 Å². The van der Waals surface area contributed by atoms with E-state index in [9.17, 15) is 5.11 Å². The number of aliphatic hydroxyl groups is 1. The molecule has 0 radical (unpaired) electrons. The van der Waals surface area contributed by atoms with Crippen LogP contribution in [0.1, 0.15) is 31.0 Å². The Morgan fingerprint density at radius 2 is 1.38 bits per heavy atom. The lowest BCUT2D eigenvalue weighted by molar-refractivity contribution is 0.163. The van der Waals surface area contributed by atoms with Gasteiger partial charge in [0.25, 0.3) is 0 Å². The summed E-state index contributed by atoms with van der Waals surface area (Å²) in [5, 5.41) is 16.9. The van der Waals surface area contributed by atoms with Crippen LogP contribution in [0.4, 0.5) is 0 Å². The van der Waals surface area contributed by atoms with Crippen LogP contribution in [0.3, 0.4) is 0 Å². The molecular weight excluding hydrogens is 343 g/mol. The van der Waals surface area contributed by atoms with E-state index in [4.69, 9.17) is 0 Å². The topological polar surface area (TPSA) is 44.3 Å². The van der Waals surface area contributed by atoms with Crippen molar-refractivity contribution in [2.24, 2.45) is 0 Å². The lowest BCUT2D eigenvalue weighted by Crippen LogP contribution is -2.39. The van der Waals surface area contributed by atoms with Gasteiger partial charge in [0.1, 0.15) is 0 Å². The first-order chi connectivity index (χ1) is 10.7. The molecule has 24 heavy (non-hydrogen) atoms. The lowest BCUT2D eigenvalue weighted by Gasteiger charge is -2.20. The average Bonchev–Trinajstić information content (AvgIpc) is 2.85. The number of nitrogens with one attached hydrogen (secondary N) is 2. The highest BCUT2D eigenvalue weighted by atomic mass is 35.5. The van der Waals surface area contributed by atoms with Crippen LogP contribution >= 0.6 is 24.8 Å². The summed E-state index contributed by atoms with van der Waals surface area (Å²) in [6.45, 7) is 5.36. The van der Waals surface area contributed by atoms with Crippen LogP contribution in [0.5, 0.6) is 0 Å². The average molecular weight is 369 g/mol. The predicted molar refractivity (Wildman–Crippen MR) is 105 cm³/mol. The first kappa shape index (κ1) is 20.9. The zero-order valence-corrected chi connectivity index (χ0v) is 15.7. The molecule has 0 amide bonds. The first-order valence-electron chi connectivity index (χ1n) is 8.00. The fourth-order valence-electron chi connectivity index (χ4n) is 3.07. The van der Waals surface area contributed by atoms with Gasteiger partial charge in [0.2, 0.25) is 0 Å². The maximum atomic E-state index is 10.1. The molecule has 0 bridgehead atoms. The summed E-state index contributed by atoms with van der Waals surface area (Å²) in [5.41, 5.74) is 5.19. The third-order valence-electron chi connectivity index (χ3n) is 4.15. The Morgan fingerprint density at radius 3 is 1.88 bits per heavy atom. The van der Waals surface area contributed by atoms with Crippen LogP contribution in [0, 0.1) is 0 Å². The molecule has 0 aliphatic heterocycles. The van der Waals surface area contributed by atoms with Crippen molar-refractivity contribution in [2.45, 2.75) is 32.0 Å². The van der Waals surface area contributed by atoms with Gasteiger partial charge in [-0.2, -0.15) is 0 Å². The molecule has 0 fully saturated rings. The second-order valence-electron chi connectivity index (χ2n) is 6.23. The standard InChI is InChI=1S/C19H24N2O.2ClH/c1-13(2)20-11-14(22)12-21-19-17-9-5-3-7-15(17)16-8-4-6-10-18(16)19;;/h3-10,13-14,19-22H,11-12H2,1-2H3;2*1H. The molecular formula is C19H26Cl2N2O. The van der Waals surface area contributed by atoms with Gasteiger partial charge in [-0.1, -0.05) is 62.4 Å². The molecule has 3 nitrogen and oxygen atoms in total. The largest absolute Gasteiger partial charge is 0.390 e.